The lowest BCUT2D eigenvalue weighted by Crippen LogP contribution is -2.47. The molecule has 4 nitrogen and oxygen atoms in total. The smallest absolute Gasteiger partial charge is 0.191 e. The van der Waals surface area contributed by atoms with Crippen LogP contribution in [0.15, 0.2) is 29.3 Å². The van der Waals surface area contributed by atoms with Crippen molar-refractivity contribution in [3.63, 3.8) is 0 Å². The standard InChI is InChI=1S/C19H29FN4/c1-12(2)24-10-13(3)18(11-24)23-19(21-4)22-17-9-15(17)14-7-5-6-8-16(14)20/h5-8,12-13,15,17-18H,9-11H2,1-4H3,(H2,21,22,23). The van der Waals surface area contributed by atoms with E-state index in [0.29, 0.717) is 18.0 Å². The molecular weight excluding hydrogens is 303 g/mol. The Labute approximate surface area is 144 Å². The van der Waals surface area contributed by atoms with Gasteiger partial charge in [0.25, 0.3) is 0 Å². The number of guanidine groups is 1. The minimum absolute atomic E-state index is 0.105. The highest BCUT2D eigenvalue weighted by Gasteiger charge is 2.41. The summed E-state index contributed by atoms with van der Waals surface area (Å²) in [4.78, 5) is 6.86. The zero-order valence-electron chi connectivity index (χ0n) is 15.1. The Kier molecular flexibility index (Phi) is 5.09. The van der Waals surface area contributed by atoms with E-state index < -0.39 is 0 Å². The van der Waals surface area contributed by atoms with E-state index in [9.17, 15) is 4.39 Å². The summed E-state index contributed by atoms with van der Waals surface area (Å²) in [6, 6.07) is 8.32. The number of nitrogens with one attached hydrogen (secondary N) is 2. The summed E-state index contributed by atoms with van der Waals surface area (Å²) in [6.45, 7) is 8.93. The summed E-state index contributed by atoms with van der Waals surface area (Å²) in [5, 5.41) is 7.02. The van der Waals surface area contributed by atoms with E-state index in [4.69, 9.17) is 0 Å². The van der Waals surface area contributed by atoms with Gasteiger partial charge in [0.1, 0.15) is 5.82 Å². The summed E-state index contributed by atoms with van der Waals surface area (Å²) in [7, 11) is 1.80. The Bertz CT molecular complexity index is 601. The monoisotopic (exact) mass is 332 g/mol. The third-order valence-corrected chi connectivity index (χ3v) is 5.33. The number of halogens is 1. The van der Waals surface area contributed by atoms with Gasteiger partial charge in [-0.05, 0) is 37.8 Å². The Morgan fingerprint density at radius 2 is 1.92 bits per heavy atom. The molecule has 0 amide bonds. The fourth-order valence-electron chi connectivity index (χ4n) is 3.61. The molecule has 1 aromatic rings. The summed E-state index contributed by atoms with van der Waals surface area (Å²) < 4.78 is 13.9. The molecule has 0 spiro atoms. The van der Waals surface area contributed by atoms with Gasteiger partial charge in [-0.15, -0.1) is 0 Å². The summed E-state index contributed by atoms with van der Waals surface area (Å²) in [5.74, 6) is 1.57. The molecule has 0 bridgehead atoms. The summed E-state index contributed by atoms with van der Waals surface area (Å²) in [5.41, 5.74) is 0.811. The number of aliphatic imine (C=N–C) groups is 1. The fourth-order valence-corrected chi connectivity index (χ4v) is 3.61. The molecule has 132 valence electrons. The van der Waals surface area contributed by atoms with Crippen LogP contribution < -0.4 is 10.6 Å². The Hall–Kier alpha value is -1.62. The number of hydrogen-bond donors (Lipinski definition) is 2. The number of likely N-dealkylation sites (tertiary alicyclic amines) is 1. The van der Waals surface area contributed by atoms with Gasteiger partial charge in [0.2, 0.25) is 0 Å². The quantitative estimate of drug-likeness (QED) is 0.658. The van der Waals surface area contributed by atoms with Gasteiger partial charge in [0.15, 0.2) is 5.96 Å². The predicted octanol–water partition coefficient (Wildman–Crippen LogP) is 2.58. The van der Waals surface area contributed by atoms with Crippen LogP contribution in [0.3, 0.4) is 0 Å². The first-order chi connectivity index (χ1) is 11.5. The summed E-state index contributed by atoms with van der Waals surface area (Å²) >= 11 is 0. The van der Waals surface area contributed by atoms with Gasteiger partial charge in [-0.2, -0.15) is 0 Å². The third kappa shape index (κ3) is 3.72. The maximum atomic E-state index is 13.9. The second-order valence-electron chi connectivity index (χ2n) is 7.46. The van der Waals surface area contributed by atoms with Gasteiger partial charge >= 0.3 is 0 Å². The Balaban J connectivity index is 1.55. The molecule has 1 heterocycles. The molecule has 24 heavy (non-hydrogen) atoms. The van der Waals surface area contributed by atoms with Crippen molar-refractivity contribution in [2.24, 2.45) is 10.9 Å². The minimum atomic E-state index is -0.105. The molecule has 2 aliphatic rings. The first kappa shape index (κ1) is 17.2. The molecule has 4 atom stereocenters. The van der Waals surface area contributed by atoms with Gasteiger partial charge in [-0.25, -0.2) is 4.39 Å². The highest BCUT2D eigenvalue weighted by Crippen LogP contribution is 2.41. The van der Waals surface area contributed by atoms with E-state index in [1.54, 1.807) is 19.2 Å². The van der Waals surface area contributed by atoms with E-state index in [1.807, 2.05) is 12.1 Å². The molecule has 3 rings (SSSR count). The SMILES string of the molecule is CN=C(NC1CN(C(C)C)CC1C)NC1CC1c1ccccc1F. The van der Waals surface area contributed by atoms with Gasteiger partial charge in [0, 0.05) is 44.2 Å². The van der Waals surface area contributed by atoms with Crippen LogP contribution in [-0.4, -0.2) is 49.1 Å². The zero-order valence-corrected chi connectivity index (χ0v) is 15.1. The van der Waals surface area contributed by atoms with Crippen LogP contribution in [0.5, 0.6) is 0 Å². The third-order valence-electron chi connectivity index (χ3n) is 5.33. The van der Waals surface area contributed by atoms with E-state index in [2.05, 4.69) is 41.3 Å². The molecule has 1 aromatic carbocycles. The maximum Gasteiger partial charge on any atom is 0.191 e. The van der Waals surface area contributed by atoms with E-state index in [0.717, 1.165) is 31.0 Å². The van der Waals surface area contributed by atoms with Crippen LogP contribution in [0, 0.1) is 11.7 Å². The Morgan fingerprint density at radius 3 is 2.54 bits per heavy atom. The molecular formula is C19H29FN4. The van der Waals surface area contributed by atoms with Crippen molar-refractivity contribution in [3.05, 3.63) is 35.6 Å². The fraction of sp³-hybridized carbons (Fsp3) is 0.632. The molecule has 1 aliphatic heterocycles. The average Bonchev–Trinajstić information content (AvgIpc) is 3.21. The highest BCUT2D eigenvalue weighted by molar-refractivity contribution is 5.81. The zero-order chi connectivity index (χ0) is 17.3. The average molecular weight is 332 g/mol. The van der Waals surface area contributed by atoms with Crippen molar-refractivity contribution in [1.82, 2.24) is 15.5 Å². The first-order valence-corrected chi connectivity index (χ1v) is 8.98. The van der Waals surface area contributed by atoms with E-state index in [-0.39, 0.29) is 17.8 Å². The van der Waals surface area contributed by atoms with Crippen LogP contribution in [0.4, 0.5) is 4.39 Å². The van der Waals surface area contributed by atoms with E-state index >= 15 is 0 Å². The van der Waals surface area contributed by atoms with E-state index in [1.165, 1.54) is 0 Å². The highest BCUT2D eigenvalue weighted by atomic mass is 19.1. The lowest BCUT2D eigenvalue weighted by atomic mass is 10.1. The van der Waals surface area contributed by atoms with Crippen molar-refractivity contribution >= 4 is 5.96 Å². The van der Waals surface area contributed by atoms with Gasteiger partial charge in [-0.1, -0.05) is 25.1 Å². The lowest BCUT2D eigenvalue weighted by molar-refractivity contribution is 0.265. The lowest BCUT2D eigenvalue weighted by Gasteiger charge is -2.22. The molecule has 1 aliphatic carbocycles. The van der Waals surface area contributed by atoms with Crippen molar-refractivity contribution in [2.75, 3.05) is 20.1 Å². The molecule has 2 fully saturated rings. The van der Waals surface area contributed by atoms with Crippen LogP contribution >= 0.6 is 0 Å². The van der Waals surface area contributed by atoms with Crippen molar-refractivity contribution in [2.45, 2.75) is 51.2 Å². The van der Waals surface area contributed by atoms with Crippen molar-refractivity contribution < 1.29 is 4.39 Å². The van der Waals surface area contributed by atoms with Gasteiger partial charge in [0.05, 0.1) is 0 Å². The second-order valence-corrected chi connectivity index (χ2v) is 7.46. The number of nitrogens with zero attached hydrogens (tertiary/aromatic N) is 2. The van der Waals surface area contributed by atoms with Crippen molar-refractivity contribution in [3.8, 4) is 0 Å². The molecule has 2 N–H and O–H groups in total. The normalized spacial score (nSPS) is 30.7. The molecule has 0 radical (unpaired) electrons. The molecule has 5 heteroatoms. The predicted molar refractivity (Wildman–Crippen MR) is 96.8 cm³/mol. The van der Waals surface area contributed by atoms with Gasteiger partial charge in [-0.3, -0.25) is 9.89 Å². The number of benzene rings is 1. The molecule has 0 aromatic heterocycles. The topological polar surface area (TPSA) is 39.7 Å². The minimum Gasteiger partial charge on any atom is -0.353 e. The van der Waals surface area contributed by atoms with Gasteiger partial charge < -0.3 is 10.6 Å². The number of hydrogen-bond acceptors (Lipinski definition) is 2. The Morgan fingerprint density at radius 1 is 1.21 bits per heavy atom. The van der Waals surface area contributed by atoms with Crippen LogP contribution in [0.2, 0.25) is 0 Å². The van der Waals surface area contributed by atoms with Crippen molar-refractivity contribution in [1.29, 1.82) is 0 Å². The maximum absolute atomic E-state index is 13.9. The second kappa shape index (κ2) is 7.09. The number of rotatable bonds is 4. The summed E-state index contributed by atoms with van der Waals surface area (Å²) in [6.07, 6.45) is 0.958. The molecule has 1 saturated carbocycles. The largest absolute Gasteiger partial charge is 0.353 e. The van der Waals surface area contributed by atoms with Crippen LogP contribution in [0.25, 0.3) is 0 Å². The molecule has 4 unspecified atom stereocenters. The molecule has 1 saturated heterocycles. The van der Waals surface area contributed by atoms with Crippen LogP contribution in [0.1, 0.15) is 38.7 Å². The first-order valence-electron chi connectivity index (χ1n) is 8.98. The van der Waals surface area contributed by atoms with Crippen LogP contribution in [-0.2, 0) is 0 Å².